The van der Waals surface area contributed by atoms with Gasteiger partial charge in [-0.25, -0.2) is 0 Å². The largest absolute Gasteiger partial charge is 0.138 e. The van der Waals surface area contributed by atoms with Crippen molar-refractivity contribution in [1.29, 1.82) is 0 Å². The van der Waals surface area contributed by atoms with E-state index in [4.69, 9.17) is 0 Å². The average Bonchev–Trinajstić information content (AvgIpc) is 2.61. The van der Waals surface area contributed by atoms with E-state index < -0.39 is 16.0 Å². The first-order valence-corrected chi connectivity index (χ1v) is 12.1. The smallest absolute Gasteiger partial charge is 0.126 e. The molecule has 0 N–H and O–H groups in total. The van der Waals surface area contributed by atoms with Crippen LogP contribution in [0.25, 0.3) is 0 Å². The van der Waals surface area contributed by atoms with Crippen molar-refractivity contribution in [1.82, 2.24) is 0 Å². The molecule has 0 saturated carbocycles. The molecule has 0 aliphatic rings. The third-order valence-corrected chi connectivity index (χ3v) is 11.4. The van der Waals surface area contributed by atoms with Crippen molar-refractivity contribution in [2.75, 3.05) is 0 Å². The summed E-state index contributed by atoms with van der Waals surface area (Å²) in [5, 5.41) is 2.73. The van der Waals surface area contributed by atoms with Crippen molar-refractivity contribution in [3.63, 3.8) is 0 Å². The molecule has 0 atom stereocenters. The van der Waals surface area contributed by atoms with Crippen molar-refractivity contribution in [3.8, 4) is 11.2 Å². The number of hydrogen-bond acceptors (Lipinski definition) is 0. The molecule has 22 heavy (non-hydrogen) atoms. The van der Waals surface area contributed by atoms with Gasteiger partial charge in [0.05, 0.1) is 0 Å². The molecule has 0 aromatic heterocycles. The molecule has 0 spiro atoms. The Morgan fingerprint density at radius 2 is 1.14 bits per heavy atom. The Bertz CT molecular complexity index is 573. The van der Waals surface area contributed by atoms with Crippen molar-refractivity contribution >= 4 is 26.6 Å². The highest BCUT2D eigenvalue weighted by molar-refractivity contribution is 7.77. The molecule has 2 heteroatoms. The Labute approximate surface area is 137 Å². The van der Waals surface area contributed by atoms with Gasteiger partial charge in [-0.05, 0) is 28.7 Å². The van der Waals surface area contributed by atoms with Crippen molar-refractivity contribution in [3.05, 3.63) is 60.7 Å². The highest BCUT2D eigenvalue weighted by Crippen LogP contribution is 2.32. The summed E-state index contributed by atoms with van der Waals surface area (Å²) in [6, 6.07) is 25.3. The molecule has 0 amide bonds. The molecule has 0 unspecified atom stereocenters. The van der Waals surface area contributed by atoms with Gasteiger partial charge in [-0.1, -0.05) is 87.1 Å². The van der Waals surface area contributed by atoms with Crippen LogP contribution in [0, 0.1) is 11.2 Å². The SMILES string of the molecule is CC[Si](C#CP(c1ccccc1)c1ccccc1)(CC)CC. The molecule has 0 bridgehead atoms. The van der Waals surface area contributed by atoms with Gasteiger partial charge in [0.25, 0.3) is 0 Å². The fourth-order valence-electron chi connectivity index (χ4n) is 2.62. The van der Waals surface area contributed by atoms with Crippen LogP contribution in [-0.2, 0) is 0 Å². The molecule has 0 fully saturated rings. The highest BCUT2D eigenvalue weighted by atomic mass is 31.1. The molecular formula is C20H25PSi. The lowest BCUT2D eigenvalue weighted by molar-refractivity contribution is 1.20. The molecule has 2 aromatic carbocycles. The second kappa shape index (κ2) is 8.32. The molecule has 2 aromatic rings. The van der Waals surface area contributed by atoms with Crippen LogP contribution in [0.3, 0.4) is 0 Å². The third kappa shape index (κ3) is 4.10. The fourth-order valence-corrected chi connectivity index (χ4v) is 7.55. The standard InChI is InChI=1S/C20H25PSi/c1-4-22(5-2,6-3)18-17-21(19-13-9-7-10-14-19)20-15-11-8-12-16-20/h7-16H,4-6H2,1-3H3. The summed E-state index contributed by atoms with van der Waals surface area (Å²) in [7, 11) is -1.95. The Kier molecular flexibility index (Phi) is 6.44. The van der Waals surface area contributed by atoms with Gasteiger partial charge in [-0.2, -0.15) is 0 Å². The molecule has 0 aliphatic carbocycles. The Morgan fingerprint density at radius 1 is 0.727 bits per heavy atom. The van der Waals surface area contributed by atoms with Crippen LogP contribution in [-0.4, -0.2) is 8.07 Å². The molecule has 0 nitrogen and oxygen atoms in total. The average molecular weight is 324 g/mol. The predicted octanol–water partition coefficient (Wildman–Crippen LogP) is 5.13. The zero-order valence-electron chi connectivity index (χ0n) is 13.8. The minimum Gasteiger partial charge on any atom is -0.126 e. The normalized spacial score (nSPS) is 11.1. The van der Waals surface area contributed by atoms with Crippen LogP contribution >= 0.6 is 7.92 Å². The van der Waals surface area contributed by atoms with Crippen LogP contribution in [0.5, 0.6) is 0 Å². The molecule has 0 heterocycles. The second-order valence-electron chi connectivity index (χ2n) is 5.58. The van der Waals surface area contributed by atoms with Gasteiger partial charge in [-0.15, -0.1) is 5.54 Å². The summed E-state index contributed by atoms with van der Waals surface area (Å²) in [5.74, 6) is 0. The minimum atomic E-state index is -1.39. The zero-order valence-corrected chi connectivity index (χ0v) is 15.7. The summed E-state index contributed by atoms with van der Waals surface area (Å²) >= 11 is 0. The first-order valence-electron chi connectivity index (χ1n) is 8.17. The van der Waals surface area contributed by atoms with Gasteiger partial charge in [-0.3, -0.25) is 0 Å². The molecule has 2 rings (SSSR count). The maximum Gasteiger partial charge on any atom is 0.138 e. The fraction of sp³-hybridized carbons (Fsp3) is 0.300. The Balaban J connectivity index is 2.43. The molecule has 0 aliphatic heterocycles. The third-order valence-electron chi connectivity index (χ3n) is 4.49. The van der Waals surface area contributed by atoms with Gasteiger partial charge in [0.1, 0.15) is 8.07 Å². The summed E-state index contributed by atoms with van der Waals surface area (Å²) in [6.45, 7) is 6.96. The maximum atomic E-state index is 3.80. The van der Waals surface area contributed by atoms with Crippen LogP contribution in [0.4, 0.5) is 0 Å². The van der Waals surface area contributed by atoms with Crippen LogP contribution < -0.4 is 10.6 Å². The summed E-state index contributed by atoms with van der Waals surface area (Å²) in [6.07, 6.45) is 0. The lowest BCUT2D eigenvalue weighted by atomic mass is 10.4. The van der Waals surface area contributed by atoms with E-state index in [0.717, 1.165) is 0 Å². The predicted molar refractivity (Wildman–Crippen MR) is 104 cm³/mol. The van der Waals surface area contributed by atoms with E-state index in [9.17, 15) is 0 Å². The van der Waals surface area contributed by atoms with E-state index in [2.05, 4.69) is 92.6 Å². The second-order valence-corrected chi connectivity index (χ2v) is 12.4. The highest BCUT2D eigenvalue weighted by Gasteiger charge is 2.24. The number of rotatable bonds is 5. The lowest BCUT2D eigenvalue weighted by Crippen LogP contribution is -2.29. The van der Waals surface area contributed by atoms with Gasteiger partial charge in [0.2, 0.25) is 0 Å². The number of hydrogen-bond donors (Lipinski definition) is 0. The van der Waals surface area contributed by atoms with Gasteiger partial charge < -0.3 is 0 Å². The van der Waals surface area contributed by atoms with Gasteiger partial charge >= 0.3 is 0 Å². The molecule has 0 saturated heterocycles. The van der Waals surface area contributed by atoms with Crippen molar-refractivity contribution in [2.45, 2.75) is 38.9 Å². The Hall–Kier alpha value is -1.35. The lowest BCUT2D eigenvalue weighted by Gasteiger charge is -2.21. The van der Waals surface area contributed by atoms with E-state index in [1.165, 1.54) is 28.7 Å². The van der Waals surface area contributed by atoms with E-state index in [-0.39, 0.29) is 0 Å². The quantitative estimate of drug-likeness (QED) is 0.406. The first-order chi connectivity index (χ1) is 10.7. The van der Waals surface area contributed by atoms with E-state index in [0.29, 0.717) is 0 Å². The summed E-state index contributed by atoms with van der Waals surface area (Å²) in [4.78, 5) is 0. The maximum absolute atomic E-state index is 3.80. The Morgan fingerprint density at radius 3 is 1.50 bits per heavy atom. The summed E-state index contributed by atoms with van der Waals surface area (Å²) in [5.41, 5.74) is 7.52. The van der Waals surface area contributed by atoms with Crippen LogP contribution in [0.1, 0.15) is 20.8 Å². The van der Waals surface area contributed by atoms with Crippen LogP contribution in [0.2, 0.25) is 18.1 Å². The van der Waals surface area contributed by atoms with E-state index in [1.54, 1.807) is 0 Å². The van der Waals surface area contributed by atoms with Crippen molar-refractivity contribution in [2.24, 2.45) is 0 Å². The van der Waals surface area contributed by atoms with E-state index in [1.807, 2.05) is 0 Å². The van der Waals surface area contributed by atoms with Gasteiger partial charge in [0, 0.05) is 7.92 Å². The van der Waals surface area contributed by atoms with E-state index >= 15 is 0 Å². The van der Waals surface area contributed by atoms with Crippen LogP contribution in [0.15, 0.2) is 60.7 Å². The zero-order chi connectivity index (χ0) is 15.8. The molecule has 0 radical (unpaired) electrons. The first kappa shape index (κ1) is 17.0. The molecule has 114 valence electrons. The van der Waals surface area contributed by atoms with Gasteiger partial charge in [0.15, 0.2) is 0 Å². The minimum absolute atomic E-state index is 0.559. The monoisotopic (exact) mass is 324 g/mol. The van der Waals surface area contributed by atoms with Crippen molar-refractivity contribution < 1.29 is 0 Å². The molecular weight excluding hydrogens is 299 g/mol. The topological polar surface area (TPSA) is 0 Å². The number of benzene rings is 2. The summed E-state index contributed by atoms with van der Waals surface area (Å²) < 4.78 is 0.